The summed E-state index contributed by atoms with van der Waals surface area (Å²) in [5, 5.41) is 11.9. The maximum absolute atomic E-state index is 12.1. The van der Waals surface area contributed by atoms with Crippen LogP contribution in [0.1, 0.15) is 26.0 Å². The summed E-state index contributed by atoms with van der Waals surface area (Å²) < 4.78 is 5.13. The van der Waals surface area contributed by atoms with Gasteiger partial charge in [-0.3, -0.25) is 9.59 Å². The molecular formula is C18H21NO4S. The number of ether oxygens (including phenoxy) is 1. The van der Waals surface area contributed by atoms with Crippen molar-refractivity contribution in [2.45, 2.75) is 26.7 Å². The predicted octanol–water partition coefficient (Wildman–Crippen LogP) is 3.68. The van der Waals surface area contributed by atoms with Crippen LogP contribution in [0.4, 0.5) is 0 Å². The minimum atomic E-state index is -0.921. The van der Waals surface area contributed by atoms with Crippen molar-refractivity contribution in [2.75, 3.05) is 7.11 Å². The Kier molecular flexibility index (Phi) is 6.09. The van der Waals surface area contributed by atoms with Gasteiger partial charge in [0.1, 0.15) is 16.5 Å². The molecule has 0 radical (unpaired) electrons. The lowest BCUT2D eigenvalue weighted by atomic mass is 9.90. The Morgan fingerprint density at radius 3 is 2.46 bits per heavy atom. The number of aliphatic carboxylic acids is 1. The standard InChI is InChI=1S/C18H21NO4S/c1-11(2)16(18(21)22)9-14(20)8-13-10-24-17(19-13)12-4-6-15(23-3)7-5-12/h4-7,10-11,16H,8-9H2,1-3H3,(H,21,22)/t16-/m0/s1. The maximum atomic E-state index is 12.1. The lowest BCUT2D eigenvalue weighted by molar-refractivity contribution is -0.145. The van der Waals surface area contributed by atoms with Gasteiger partial charge in [-0.1, -0.05) is 13.8 Å². The van der Waals surface area contributed by atoms with Crippen molar-refractivity contribution in [1.82, 2.24) is 4.98 Å². The van der Waals surface area contributed by atoms with E-state index in [1.807, 2.05) is 43.5 Å². The summed E-state index contributed by atoms with van der Waals surface area (Å²) in [6, 6.07) is 7.56. The fourth-order valence-electron chi connectivity index (χ4n) is 2.38. The molecule has 24 heavy (non-hydrogen) atoms. The minimum Gasteiger partial charge on any atom is -0.497 e. The Balaban J connectivity index is 2.02. The van der Waals surface area contributed by atoms with E-state index in [0.717, 1.165) is 16.3 Å². The first-order valence-corrected chi connectivity index (χ1v) is 8.62. The number of benzene rings is 1. The zero-order valence-electron chi connectivity index (χ0n) is 14.0. The Hall–Kier alpha value is -2.21. The molecule has 0 saturated carbocycles. The number of ketones is 1. The van der Waals surface area contributed by atoms with Crippen LogP contribution in [-0.4, -0.2) is 29.0 Å². The van der Waals surface area contributed by atoms with Crippen LogP contribution in [0.5, 0.6) is 5.75 Å². The number of rotatable bonds is 8. The molecule has 1 N–H and O–H groups in total. The molecule has 0 amide bonds. The van der Waals surface area contributed by atoms with Gasteiger partial charge in [0.15, 0.2) is 0 Å². The van der Waals surface area contributed by atoms with E-state index in [4.69, 9.17) is 4.74 Å². The first kappa shape index (κ1) is 18.1. The van der Waals surface area contributed by atoms with Gasteiger partial charge in [0.25, 0.3) is 0 Å². The van der Waals surface area contributed by atoms with Gasteiger partial charge < -0.3 is 9.84 Å². The molecule has 1 aromatic carbocycles. The Morgan fingerprint density at radius 2 is 1.92 bits per heavy atom. The van der Waals surface area contributed by atoms with Crippen LogP contribution in [0.2, 0.25) is 0 Å². The number of Topliss-reactive ketones (excluding diaryl/α,β-unsaturated/α-hetero) is 1. The normalized spacial score (nSPS) is 12.2. The highest BCUT2D eigenvalue weighted by Crippen LogP contribution is 2.26. The van der Waals surface area contributed by atoms with Gasteiger partial charge in [-0.25, -0.2) is 4.98 Å². The molecule has 0 fully saturated rings. The van der Waals surface area contributed by atoms with Gasteiger partial charge in [-0.05, 0) is 30.2 Å². The van der Waals surface area contributed by atoms with E-state index in [0.29, 0.717) is 5.69 Å². The molecule has 6 heteroatoms. The molecule has 5 nitrogen and oxygen atoms in total. The molecule has 1 aromatic heterocycles. The summed E-state index contributed by atoms with van der Waals surface area (Å²) in [5.41, 5.74) is 1.65. The number of aromatic nitrogens is 1. The third-order valence-electron chi connectivity index (χ3n) is 3.84. The average Bonchev–Trinajstić information content (AvgIpc) is 3.00. The summed E-state index contributed by atoms with van der Waals surface area (Å²) >= 11 is 1.47. The van der Waals surface area contributed by atoms with E-state index in [1.54, 1.807) is 7.11 Å². The highest BCUT2D eigenvalue weighted by atomic mass is 32.1. The Bertz CT molecular complexity index is 706. The topological polar surface area (TPSA) is 76.5 Å². The molecule has 0 aliphatic rings. The largest absolute Gasteiger partial charge is 0.497 e. The highest BCUT2D eigenvalue weighted by molar-refractivity contribution is 7.13. The fraction of sp³-hybridized carbons (Fsp3) is 0.389. The number of carboxylic acid groups (broad SMARTS) is 1. The van der Waals surface area contributed by atoms with E-state index in [2.05, 4.69) is 4.98 Å². The van der Waals surface area contributed by atoms with Crippen molar-refractivity contribution in [3.8, 4) is 16.3 Å². The second-order valence-corrected chi connectivity index (χ2v) is 6.84. The van der Waals surface area contributed by atoms with Gasteiger partial charge in [0, 0.05) is 23.8 Å². The van der Waals surface area contributed by atoms with E-state index in [1.165, 1.54) is 11.3 Å². The summed E-state index contributed by atoms with van der Waals surface area (Å²) in [6.45, 7) is 3.63. The number of methoxy groups -OCH3 is 1. The summed E-state index contributed by atoms with van der Waals surface area (Å²) in [7, 11) is 1.61. The van der Waals surface area contributed by atoms with Gasteiger partial charge in [0.2, 0.25) is 0 Å². The Labute approximate surface area is 145 Å². The molecule has 0 saturated heterocycles. The number of carbonyl (C=O) groups excluding carboxylic acids is 1. The number of carboxylic acids is 1. The lowest BCUT2D eigenvalue weighted by Gasteiger charge is -2.14. The van der Waals surface area contributed by atoms with E-state index < -0.39 is 11.9 Å². The third-order valence-corrected chi connectivity index (χ3v) is 4.78. The molecule has 0 spiro atoms. The van der Waals surface area contributed by atoms with Gasteiger partial charge in [-0.15, -0.1) is 11.3 Å². The van der Waals surface area contributed by atoms with Crippen molar-refractivity contribution >= 4 is 23.1 Å². The molecule has 128 valence electrons. The molecule has 0 bridgehead atoms. The van der Waals surface area contributed by atoms with E-state index in [-0.39, 0.29) is 24.5 Å². The van der Waals surface area contributed by atoms with Gasteiger partial charge in [-0.2, -0.15) is 0 Å². The Morgan fingerprint density at radius 1 is 1.25 bits per heavy atom. The number of hydrogen-bond acceptors (Lipinski definition) is 5. The summed E-state index contributed by atoms with van der Waals surface area (Å²) in [6.07, 6.45) is 0.214. The molecule has 2 aromatic rings. The molecule has 1 heterocycles. The molecule has 0 unspecified atom stereocenters. The molecule has 0 aliphatic carbocycles. The first-order valence-electron chi connectivity index (χ1n) is 7.74. The van der Waals surface area contributed by atoms with Crippen LogP contribution in [-0.2, 0) is 16.0 Å². The number of thiazole rings is 1. The van der Waals surface area contributed by atoms with Crippen LogP contribution in [0.25, 0.3) is 10.6 Å². The first-order chi connectivity index (χ1) is 11.4. The number of nitrogens with zero attached hydrogens (tertiary/aromatic N) is 1. The maximum Gasteiger partial charge on any atom is 0.307 e. The van der Waals surface area contributed by atoms with Crippen LogP contribution in [0.15, 0.2) is 29.6 Å². The second-order valence-electron chi connectivity index (χ2n) is 5.98. The molecule has 0 aliphatic heterocycles. The summed E-state index contributed by atoms with van der Waals surface area (Å²) in [5.74, 6) is -0.953. The fourth-order valence-corrected chi connectivity index (χ4v) is 3.21. The molecule has 2 rings (SSSR count). The third kappa shape index (κ3) is 4.64. The highest BCUT2D eigenvalue weighted by Gasteiger charge is 2.24. The molecule has 1 atom stereocenters. The van der Waals surface area contributed by atoms with Crippen molar-refractivity contribution in [1.29, 1.82) is 0 Å². The van der Waals surface area contributed by atoms with Crippen molar-refractivity contribution in [2.24, 2.45) is 11.8 Å². The average molecular weight is 347 g/mol. The zero-order valence-corrected chi connectivity index (χ0v) is 14.8. The smallest absolute Gasteiger partial charge is 0.307 e. The zero-order chi connectivity index (χ0) is 17.7. The van der Waals surface area contributed by atoms with Crippen LogP contribution < -0.4 is 4.74 Å². The minimum absolute atomic E-state index is 0.0440. The van der Waals surface area contributed by atoms with E-state index in [9.17, 15) is 14.7 Å². The van der Waals surface area contributed by atoms with Gasteiger partial charge >= 0.3 is 5.97 Å². The SMILES string of the molecule is COc1ccc(-c2nc(CC(=O)C[C@H](C(=O)O)C(C)C)cs2)cc1. The van der Waals surface area contributed by atoms with Crippen LogP contribution in [0, 0.1) is 11.8 Å². The monoisotopic (exact) mass is 347 g/mol. The second kappa shape index (κ2) is 8.06. The number of carbonyl (C=O) groups is 2. The quantitative estimate of drug-likeness (QED) is 0.788. The van der Waals surface area contributed by atoms with Crippen molar-refractivity contribution < 1.29 is 19.4 Å². The van der Waals surface area contributed by atoms with Gasteiger partial charge in [0.05, 0.1) is 18.7 Å². The summed E-state index contributed by atoms with van der Waals surface area (Å²) in [4.78, 5) is 27.8. The van der Waals surface area contributed by atoms with Crippen molar-refractivity contribution in [3.63, 3.8) is 0 Å². The molecular weight excluding hydrogens is 326 g/mol. The lowest BCUT2D eigenvalue weighted by Crippen LogP contribution is -2.23. The number of hydrogen-bond donors (Lipinski definition) is 1. The van der Waals surface area contributed by atoms with Crippen molar-refractivity contribution in [3.05, 3.63) is 35.3 Å². The van der Waals surface area contributed by atoms with E-state index >= 15 is 0 Å². The van der Waals surface area contributed by atoms with Crippen LogP contribution >= 0.6 is 11.3 Å². The van der Waals surface area contributed by atoms with Crippen LogP contribution in [0.3, 0.4) is 0 Å². The predicted molar refractivity (Wildman–Crippen MR) is 93.4 cm³/mol.